The van der Waals surface area contributed by atoms with Crippen molar-refractivity contribution in [2.24, 2.45) is 11.8 Å². The summed E-state index contributed by atoms with van der Waals surface area (Å²) in [4.78, 5) is 17.2. The first kappa shape index (κ1) is 14.6. The first-order chi connectivity index (χ1) is 10.1. The normalized spacial score (nSPS) is 26.1. The molecule has 2 fully saturated rings. The number of piperazine rings is 1. The third kappa shape index (κ3) is 3.46. The number of hydrogen-bond donors (Lipinski definition) is 0. The summed E-state index contributed by atoms with van der Waals surface area (Å²) in [5.41, 5.74) is 1.33. The second kappa shape index (κ2) is 6.18. The Kier molecular flexibility index (Phi) is 4.29. The molecule has 21 heavy (non-hydrogen) atoms. The lowest BCUT2D eigenvalue weighted by atomic mass is 10.1. The van der Waals surface area contributed by atoms with Crippen LogP contribution in [0.3, 0.4) is 0 Å². The van der Waals surface area contributed by atoms with Crippen LogP contribution < -0.4 is 0 Å². The summed E-state index contributed by atoms with van der Waals surface area (Å²) in [6.45, 7) is 9.54. The van der Waals surface area contributed by atoms with Gasteiger partial charge in [0.25, 0.3) is 0 Å². The van der Waals surface area contributed by atoms with Crippen LogP contribution in [0.25, 0.3) is 0 Å². The molecule has 0 unspecified atom stereocenters. The zero-order chi connectivity index (χ0) is 14.8. The molecule has 1 aromatic rings. The van der Waals surface area contributed by atoms with E-state index in [1.54, 1.807) is 0 Å². The van der Waals surface area contributed by atoms with Crippen molar-refractivity contribution in [3.63, 3.8) is 0 Å². The second-order valence-electron chi connectivity index (χ2n) is 6.88. The molecule has 1 heterocycles. The Balaban J connectivity index is 1.50. The van der Waals surface area contributed by atoms with Gasteiger partial charge in [-0.15, -0.1) is 0 Å². The molecule has 1 aliphatic heterocycles. The largest absolute Gasteiger partial charge is 0.340 e. The Hall–Kier alpha value is -1.35. The molecule has 0 N–H and O–H groups in total. The van der Waals surface area contributed by atoms with E-state index in [1.807, 2.05) is 6.07 Å². The molecule has 0 bridgehead atoms. The number of hydrogen-bond acceptors (Lipinski definition) is 2. The van der Waals surface area contributed by atoms with Crippen LogP contribution in [-0.4, -0.2) is 48.4 Å². The first-order valence-electron chi connectivity index (χ1n) is 8.21. The maximum absolute atomic E-state index is 12.6. The van der Waals surface area contributed by atoms with Crippen LogP contribution in [0, 0.1) is 11.8 Å². The number of nitrogens with zero attached hydrogens (tertiary/aromatic N) is 2. The van der Waals surface area contributed by atoms with Gasteiger partial charge >= 0.3 is 0 Å². The van der Waals surface area contributed by atoms with Gasteiger partial charge < -0.3 is 4.90 Å². The summed E-state index contributed by atoms with van der Waals surface area (Å²) in [5, 5.41) is 0. The standard InChI is InChI=1S/C18H26N2O/c1-14(2)13-19-8-10-20(11-9-19)18(21)17-12-16(17)15-6-4-3-5-7-15/h3-7,14,16-17H,8-13H2,1-2H3/t16-,17-/m0/s1. The van der Waals surface area contributed by atoms with Gasteiger partial charge in [0.2, 0.25) is 5.91 Å². The molecule has 1 aromatic carbocycles. The van der Waals surface area contributed by atoms with Crippen molar-refractivity contribution < 1.29 is 4.79 Å². The Morgan fingerprint density at radius 1 is 1.14 bits per heavy atom. The van der Waals surface area contributed by atoms with Crippen LogP contribution in [-0.2, 0) is 4.79 Å². The summed E-state index contributed by atoms with van der Waals surface area (Å²) in [6.07, 6.45) is 1.04. The number of carbonyl (C=O) groups is 1. The van der Waals surface area contributed by atoms with E-state index >= 15 is 0 Å². The van der Waals surface area contributed by atoms with Gasteiger partial charge in [-0.3, -0.25) is 9.69 Å². The van der Waals surface area contributed by atoms with Gasteiger partial charge in [-0.25, -0.2) is 0 Å². The molecule has 2 aliphatic rings. The molecule has 1 saturated heterocycles. The van der Waals surface area contributed by atoms with Gasteiger partial charge in [0, 0.05) is 38.6 Å². The lowest BCUT2D eigenvalue weighted by Gasteiger charge is -2.35. The van der Waals surface area contributed by atoms with E-state index in [9.17, 15) is 4.79 Å². The monoisotopic (exact) mass is 286 g/mol. The van der Waals surface area contributed by atoms with Crippen LogP contribution in [0.2, 0.25) is 0 Å². The molecule has 1 saturated carbocycles. The molecular weight excluding hydrogens is 260 g/mol. The third-order valence-corrected chi connectivity index (χ3v) is 4.64. The summed E-state index contributed by atoms with van der Waals surface area (Å²) < 4.78 is 0. The van der Waals surface area contributed by atoms with Crippen molar-refractivity contribution in [1.82, 2.24) is 9.80 Å². The lowest BCUT2D eigenvalue weighted by molar-refractivity contribution is -0.134. The van der Waals surface area contributed by atoms with E-state index in [0.717, 1.165) is 39.1 Å². The maximum Gasteiger partial charge on any atom is 0.226 e. The number of benzene rings is 1. The van der Waals surface area contributed by atoms with Gasteiger partial charge in [-0.1, -0.05) is 44.2 Å². The van der Waals surface area contributed by atoms with Crippen LogP contribution in [0.4, 0.5) is 0 Å². The van der Waals surface area contributed by atoms with Crippen LogP contribution in [0.1, 0.15) is 31.7 Å². The topological polar surface area (TPSA) is 23.6 Å². The molecule has 3 rings (SSSR count). The molecule has 0 aromatic heterocycles. The molecule has 3 nitrogen and oxygen atoms in total. The molecule has 0 spiro atoms. The van der Waals surface area contributed by atoms with Gasteiger partial charge in [-0.2, -0.15) is 0 Å². The maximum atomic E-state index is 12.6. The van der Waals surface area contributed by atoms with E-state index in [-0.39, 0.29) is 5.92 Å². The molecule has 2 atom stereocenters. The predicted molar refractivity (Wildman–Crippen MR) is 85.1 cm³/mol. The van der Waals surface area contributed by atoms with Crippen molar-refractivity contribution in [3.8, 4) is 0 Å². The zero-order valence-corrected chi connectivity index (χ0v) is 13.2. The van der Waals surface area contributed by atoms with E-state index in [4.69, 9.17) is 0 Å². The summed E-state index contributed by atoms with van der Waals surface area (Å²) in [6, 6.07) is 10.5. The van der Waals surface area contributed by atoms with Gasteiger partial charge in [0.05, 0.1) is 0 Å². The minimum Gasteiger partial charge on any atom is -0.340 e. The molecule has 114 valence electrons. The zero-order valence-electron chi connectivity index (χ0n) is 13.2. The Morgan fingerprint density at radius 3 is 2.43 bits per heavy atom. The SMILES string of the molecule is CC(C)CN1CCN(C(=O)[C@H]2C[C@H]2c2ccccc2)CC1. The van der Waals surface area contributed by atoms with E-state index in [0.29, 0.717) is 17.7 Å². The predicted octanol–water partition coefficient (Wildman–Crippen LogP) is 2.59. The summed E-state index contributed by atoms with van der Waals surface area (Å²) in [5.74, 6) is 1.79. The fraction of sp³-hybridized carbons (Fsp3) is 0.611. The smallest absolute Gasteiger partial charge is 0.226 e. The average molecular weight is 286 g/mol. The van der Waals surface area contributed by atoms with Crippen molar-refractivity contribution in [2.45, 2.75) is 26.2 Å². The summed E-state index contributed by atoms with van der Waals surface area (Å²) >= 11 is 0. The highest BCUT2D eigenvalue weighted by atomic mass is 16.2. The van der Waals surface area contributed by atoms with Crippen LogP contribution in [0.5, 0.6) is 0 Å². The van der Waals surface area contributed by atoms with Crippen molar-refractivity contribution >= 4 is 5.91 Å². The quantitative estimate of drug-likeness (QED) is 0.849. The van der Waals surface area contributed by atoms with Crippen molar-refractivity contribution in [1.29, 1.82) is 0 Å². The van der Waals surface area contributed by atoms with E-state index in [2.05, 4.69) is 47.9 Å². The molecule has 1 amide bonds. The van der Waals surface area contributed by atoms with E-state index < -0.39 is 0 Å². The lowest BCUT2D eigenvalue weighted by Crippen LogP contribution is -2.50. The Labute approximate surface area is 127 Å². The number of amides is 1. The van der Waals surface area contributed by atoms with Gasteiger partial charge in [0.1, 0.15) is 0 Å². The molecule has 1 aliphatic carbocycles. The average Bonchev–Trinajstić information content (AvgIpc) is 3.28. The van der Waals surface area contributed by atoms with E-state index in [1.165, 1.54) is 5.56 Å². The highest BCUT2D eigenvalue weighted by Crippen LogP contribution is 2.48. The fourth-order valence-electron chi connectivity index (χ4n) is 3.44. The van der Waals surface area contributed by atoms with Crippen LogP contribution >= 0.6 is 0 Å². The number of carbonyl (C=O) groups excluding carboxylic acids is 1. The van der Waals surface area contributed by atoms with Gasteiger partial charge in [-0.05, 0) is 23.8 Å². The molecule has 0 radical (unpaired) electrons. The molecular formula is C18H26N2O. The highest BCUT2D eigenvalue weighted by Gasteiger charge is 2.45. The fourth-order valence-corrected chi connectivity index (χ4v) is 3.44. The second-order valence-corrected chi connectivity index (χ2v) is 6.88. The first-order valence-corrected chi connectivity index (χ1v) is 8.21. The highest BCUT2D eigenvalue weighted by molar-refractivity contribution is 5.83. The summed E-state index contributed by atoms with van der Waals surface area (Å²) in [7, 11) is 0. The van der Waals surface area contributed by atoms with Crippen molar-refractivity contribution in [2.75, 3.05) is 32.7 Å². The number of rotatable bonds is 4. The Bertz CT molecular complexity index is 477. The van der Waals surface area contributed by atoms with Crippen molar-refractivity contribution in [3.05, 3.63) is 35.9 Å². The molecule has 3 heteroatoms. The van der Waals surface area contributed by atoms with Crippen LogP contribution in [0.15, 0.2) is 30.3 Å². The Morgan fingerprint density at radius 2 is 1.81 bits per heavy atom. The minimum atomic E-state index is 0.240. The minimum absolute atomic E-state index is 0.240. The van der Waals surface area contributed by atoms with Gasteiger partial charge in [0.15, 0.2) is 0 Å². The third-order valence-electron chi connectivity index (χ3n) is 4.64.